The molecule has 0 saturated heterocycles. The number of rotatable bonds is 7. The van der Waals surface area contributed by atoms with E-state index in [4.69, 9.17) is 21.1 Å². The molecule has 0 spiro atoms. The predicted octanol–water partition coefficient (Wildman–Crippen LogP) is 4.62. The number of amides is 1. The second-order valence-corrected chi connectivity index (χ2v) is 6.09. The third-order valence-electron chi connectivity index (χ3n) is 3.78. The molecule has 2 aromatic rings. The van der Waals surface area contributed by atoms with Crippen LogP contribution < -0.4 is 10.1 Å². The summed E-state index contributed by atoms with van der Waals surface area (Å²) in [4.78, 5) is 24.5. The lowest BCUT2D eigenvalue weighted by Crippen LogP contribution is -2.32. The first-order chi connectivity index (χ1) is 12.5. The Morgan fingerprint density at radius 1 is 1.15 bits per heavy atom. The van der Waals surface area contributed by atoms with E-state index in [1.807, 2.05) is 13.8 Å². The standard InChI is InChI=1S/C20H22ClNO4/c1-4-17(26-18-9-7-6-8-15(18)21)19(23)22-16-12-14(11-10-13(16)3)20(24)25-5-2/h6-12,17H,4-5H2,1-3H3,(H,22,23). The van der Waals surface area contributed by atoms with Crippen molar-refractivity contribution in [2.75, 3.05) is 11.9 Å². The van der Waals surface area contributed by atoms with Crippen molar-refractivity contribution in [2.45, 2.75) is 33.3 Å². The molecule has 0 aromatic heterocycles. The highest BCUT2D eigenvalue weighted by atomic mass is 35.5. The third-order valence-corrected chi connectivity index (χ3v) is 4.09. The third kappa shape index (κ3) is 4.99. The zero-order chi connectivity index (χ0) is 19.1. The molecule has 2 rings (SSSR count). The maximum Gasteiger partial charge on any atom is 0.338 e. The summed E-state index contributed by atoms with van der Waals surface area (Å²) in [6.07, 6.45) is -0.242. The SMILES string of the molecule is CCOC(=O)c1ccc(C)c(NC(=O)C(CC)Oc2ccccc2Cl)c1. The zero-order valence-electron chi connectivity index (χ0n) is 15.0. The summed E-state index contributed by atoms with van der Waals surface area (Å²) in [6.45, 7) is 5.73. The number of hydrogen-bond donors (Lipinski definition) is 1. The number of aryl methyl sites for hydroxylation is 1. The van der Waals surface area contributed by atoms with Gasteiger partial charge in [0.15, 0.2) is 6.10 Å². The molecule has 0 heterocycles. The van der Waals surface area contributed by atoms with Gasteiger partial charge in [0.1, 0.15) is 5.75 Å². The van der Waals surface area contributed by atoms with Gasteiger partial charge in [-0.3, -0.25) is 4.79 Å². The zero-order valence-corrected chi connectivity index (χ0v) is 15.8. The molecule has 138 valence electrons. The quantitative estimate of drug-likeness (QED) is 0.717. The highest BCUT2D eigenvalue weighted by molar-refractivity contribution is 6.32. The molecule has 1 unspecified atom stereocenters. The molecule has 0 radical (unpaired) electrons. The molecule has 0 aliphatic carbocycles. The normalized spacial score (nSPS) is 11.5. The number of hydrogen-bond acceptors (Lipinski definition) is 4. The Morgan fingerprint density at radius 2 is 1.88 bits per heavy atom. The molecule has 1 amide bonds. The first kappa shape index (κ1) is 19.8. The van der Waals surface area contributed by atoms with Gasteiger partial charge < -0.3 is 14.8 Å². The molecule has 1 N–H and O–H groups in total. The summed E-state index contributed by atoms with van der Waals surface area (Å²) in [5.41, 5.74) is 1.76. The molecule has 0 aliphatic heterocycles. The van der Waals surface area contributed by atoms with Crippen molar-refractivity contribution >= 4 is 29.2 Å². The number of para-hydroxylation sites is 1. The first-order valence-corrected chi connectivity index (χ1v) is 8.83. The summed E-state index contributed by atoms with van der Waals surface area (Å²) in [7, 11) is 0. The fraction of sp³-hybridized carbons (Fsp3) is 0.300. The Balaban J connectivity index is 2.15. The Labute approximate surface area is 158 Å². The summed E-state index contributed by atoms with van der Waals surface area (Å²) < 4.78 is 10.7. The molecule has 0 aliphatic rings. The molecule has 26 heavy (non-hydrogen) atoms. The van der Waals surface area contributed by atoms with Crippen molar-refractivity contribution in [1.29, 1.82) is 0 Å². The molecule has 0 fully saturated rings. The Hall–Kier alpha value is -2.53. The van der Waals surface area contributed by atoms with Crippen molar-refractivity contribution in [3.05, 3.63) is 58.6 Å². The van der Waals surface area contributed by atoms with Gasteiger partial charge in [-0.2, -0.15) is 0 Å². The highest BCUT2D eigenvalue weighted by Gasteiger charge is 2.21. The summed E-state index contributed by atoms with van der Waals surface area (Å²) in [5.74, 6) is -0.285. The van der Waals surface area contributed by atoms with E-state index in [2.05, 4.69) is 5.32 Å². The Bertz CT molecular complexity index is 791. The van der Waals surface area contributed by atoms with Crippen molar-refractivity contribution in [1.82, 2.24) is 0 Å². The molecule has 1 atom stereocenters. The van der Waals surface area contributed by atoms with Gasteiger partial charge in [0, 0.05) is 5.69 Å². The van der Waals surface area contributed by atoms with E-state index < -0.39 is 12.1 Å². The average Bonchev–Trinajstić information content (AvgIpc) is 2.63. The van der Waals surface area contributed by atoms with E-state index in [9.17, 15) is 9.59 Å². The van der Waals surface area contributed by atoms with E-state index in [0.29, 0.717) is 28.4 Å². The summed E-state index contributed by atoms with van der Waals surface area (Å²) in [5, 5.41) is 3.27. The van der Waals surface area contributed by atoms with Gasteiger partial charge in [-0.15, -0.1) is 0 Å². The van der Waals surface area contributed by atoms with Crippen LogP contribution in [0.2, 0.25) is 5.02 Å². The van der Waals surface area contributed by atoms with Crippen LogP contribution in [0.15, 0.2) is 42.5 Å². The minimum Gasteiger partial charge on any atom is -0.479 e. The van der Waals surface area contributed by atoms with Gasteiger partial charge in [0.25, 0.3) is 5.91 Å². The molecule has 2 aromatic carbocycles. The van der Waals surface area contributed by atoms with E-state index in [0.717, 1.165) is 5.56 Å². The molecular weight excluding hydrogens is 354 g/mol. The van der Waals surface area contributed by atoms with E-state index in [-0.39, 0.29) is 12.5 Å². The first-order valence-electron chi connectivity index (χ1n) is 8.46. The van der Waals surface area contributed by atoms with Crippen LogP contribution in [0.4, 0.5) is 5.69 Å². The number of halogens is 1. The van der Waals surface area contributed by atoms with Crippen molar-refractivity contribution in [3.63, 3.8) is 0 Å². The van der Waals surface area contributed by atoms with Gasteiger partial charge in [-0.05, 0) is 50.1 Å². The maximum atomic E-state index is 12.6. The largest absolute Gasteiger partial charge is 0.479 e. The van der Waals surface area contributed by atoms with Crippen LogP contribution in [-0.4, -0.2) is 24.6 Å². The Kier molecular flexibility index (Phi) is 7.04. The Morgan fingerprint density at radius 3 is 2.54 bits per heavy atom. The van der Waals surface area contributed by atoms with Gasteiger partial charge in [0.05, 0.1) is 17.2 Å². The van der Waals surface area contributed by atoms with E-state index >= 15 is 0 Å². The number of anilines is 1. The van der Waals surface area contributed by atoms with E-state index in [1.54, 1.807) is 49.4 Å². The van der Waals surface area contributed by atoms with Crippen molar-refractivity contribution in [3.8, 4) is 5.75 Å². The number of nitrogens with one attached hydrogen (secondary N) is 1. The van der Waals surface area contributed by atoms with Crippen LogP contribution in [0.5, 0.6) is 5.75 Å². The number of carbonyl (C=O) groups is 2. The molecule has 6 heteroatoms. The van der Waals surface area contributed by atoms with Crippen molar-refractivity contribution in [2.24, 2.45) is 0 Å². The lowest BCUT2D eigenvalue weighted by Gasteiger charge is -2.19. The monoisotopic (exact) mass is 375 g/mol. The molecule has 0 saturated carbocycles. The smallest absolute Gasteiger partial charge is 0.338 e. The van der Waals surface area contributed by atoms with Gasteiger partial charge >= 0.3 is 5.97 Å². The predicted molar refractivity (Wildman–Crippen MR) is 102 cm³/mol. The average molecular weight is 376 g/mol. The minimum atomic E-state index is -0.708. The van der Waals surface area contributed by atoms with Gasteiger partial charge in [0.2, 0.25) is 0 Å². The summed E-state index contributed by atoms with van der Waals surface area (Å²) in [6, 6.07) is 12.0. The highest BCUT2D eigenvalue weighted by Crippen LogP contribution is 2.25. The second-order valence-electron chi connectivity index (χ2n) is 5.68. The molecular formula is C20H22ClNO4. The van der Waals surface area contributed by atoms with Crippen LogP contribution in [0.25, 0.3) is 0 Å². The van der Waals surface area contributed by atoms with Gasteiger partial charge in [-0.25, -0.2) is 4.79 Å². The fourth-order valence-electron chi connectivity index (χ4n) is 2.33. The topological polar surface area (TPSA) is 64.6 Å². The summed E-state index contributed by atoms with van der Waals surface area (Å²) >= 11 is 6.09. The van der Waals surface area contributed by atoms with Crippen LogP contribution in [0.3, 0.4) is 0 Å². The lowest BCUT2D eigenvalue weighted by atomic mass is 10.1. The lowest BCUT2D eigenvalue weighted by molar-refractivity contribution is -0.122. The minimum absolute atomic E-state index is 0.290. The van der Waals surface area contributed by atoms with Crippen LogP contribution >= 0.6 is 11.6 Å². The van der Waals surface area contributed by atoms with Crippen molar-refractivity contribution < 1.29 is 19.1 Å². The number of esters is 1. The maximum absolute atomic E-state index is 12.6. The molecule has 0 bridgehead atoms. The fourth-order valence-corrected chi connectivity index (χ4v) is 2.51. The second kappa shape index (κ2) is 9.25. The number of carbonyl (C=O) groups excluding carboxylic acids is 2. The van der Waals surface area contributed by atoms with Crippen LogP contribution in [0.1, 0.15) is 36.2 Å². The van der Waals surface area contributed by atoms with E-state index in [1.165, 1.54) is 0 Å². The van der Waals surface area contributed by atoms with Crippen LogP contribution in [-0.2, 0) is 9.53 Å². The number of ether oxygens (including phenoxy) is 2. The van der Waals surface area contributed by atoms with Gasteiger partial charge in [-0.1, -0.05) is 36.7 Å². The molecule has 5 nitrogen and oxygen atoms in total. The number of benzene rings is 2. The van der Waals surface area contributed by atoms with Crippen LogP contribution in [0, 0.1) is 6.92 Å².